The molecule has 1 heterocycles. The summed E-state index contributed by atoms with van der Waals surface area (Å²) in [7, 11) is 1.62. The summed E-state index contributed by atoms with van der Waals surface area (Å²) in [6.45, 7) is 0. The Balaban J connectivity index is 1.64. The molecule has 0 aliphatic rings. The van der Waals surface area contributed by atoms with Gasteiger partial charge < -0.3 is 14.5 Å². The standard InChI is InChI=1S/C23H17IN2O3/c1-28-18-6-4-5-15(13-18)21-14-25-23(29-21)20-8-3-2-7-19(20)22(27)26-17-11-9-16(24)10-12-17/h2-14H,1H3,(H,26,27). The number of anilines is 1. The molecule has 4 aromatic rings. The van der Waals surface area contributed by atoms with Gasteiger partial charge in [-0.15, -0.1) is 0 Å². The van der Waals surface area contributed by atoms with Gasteiger partial charge in [0.25, 0.3) is 5.91 Å². The van der Waals surface area contributed by atoms with E-state index < -0.39 is 0 Å². The normalized spacial score (nSPS) is 10.6. The fraction of sp³-hybridized carbons (Fsp3) is 0.0435. The largest absolute Gasteiger partial charge is 0.497 e. The summed E-state index contributed by atoms with van der Waals surface area (Å²) < 4.78 is 12.3. The second-order valence-electron chi connectivity index (χ2n) is 6.27. The smallest absolute Gasteiger partial charge is 0.256 e. The van der Waals surface area contributed by atoms with Crippen molar-refractivity contribution in [2.75, 3.05) is 12.4 Å². The molecular formula is C23H17IN2O3. The Morgan fingerprint density at radius 2 is 1.83 bits per heavy atom. The molecule has 0 aliphatic carbocycles. The van der Waals surface area contributed by atoms with Crippen LogP contribution in [0.4, 0.5) is 5.69 Å². The predicted octanol–water partition coefficient (Wildman–Crippen LogP) is 5.87. The molecule has 5 nitrogen and oxygen atoms in total. The van der Waals surface area contributed by atoms with Crippen molar-refractivity contribution in [3.05, 3.63) is 88.1 Å². The summed E-state index contributed by atoms with van der Waals surface area (Å²) in [5, 5.41) is 2.92. The molecular weight excluding hydrogens is 479 g/mol. The van der Waals surface area contributed by atoms with Gasteiger partial charge in [0.15, 0.2) is 5.76 Å². The van der Waals surface area contributed by atoms with Crippen LogP contribution in [0.15, 0.2) is 83.4 Å². The first kappa shape index (κ1) is 19.2. The first-order valence-electron chi connectivity index (χ1n) is 8.90. The van der Waals surface area contributed by atoms with Gasteiger partial charge in [0, 0.05) is 20.4 Å². The Morgan fingerprint density at radius 1 is 1.03 bits per heavy atom. The van der Waals surface area contributed by atoms with Crippen molar-refractivity contribution in [2.24, 2.45) is 0 Å². The summed E-state index contributed by atoms with van der Waals surface area (Å²) >= 11 is 2.22. The fourth-order valence-electron chi connectivity index (χ4n) is 2.91. The molecule has 0 saturated carbocycles. The van der Waals surface area contributed by atoms with E-state index in [-0.39, 0.29) is 5.91 Å². The van der Waals surface area contributed by atoms with Crippen molar-refractivity contribution in [1.29, 1.82) is 0 Å². The molecule has 6 heteroatoms. The summed E-state index contributed by atoms with van der Waals surface area (Å²) in [4.78, 5) is 17.2. The van der Waals surface area contributed by atoms with E-state index in [1.807, 2.05) is 66.7 Å². The molecule has 0 aliphatic heterocycles. The molecule has 1 aromatic heterocycles. The molecule has 144 valence electrons. The van der Waals surface area contributed by atoms with E-state index in [2.05, 4.69) is 32.9 Å². The van der Waals surface area contributed by atoms with Crippen LogP contribution >= 0.6 is 22.6 Å². The van der Waals surface area contributed by atoms with Gasteiger partial charge >= 0.3 is 0 Å². The Morgan fingerprint density at radius 3 is 2.62 bits per heavy atom. The molecule has 4 rings (SSSR count). The molecule has 0 fully saturated rings. The van der Waals surface area contributed by atoms with Crippen LogP contribution in [0, 0.1) is 3.57 Å². The second kappa shape index (κ2) is 8.48. The van der Waals surface area contributed by atoms with Crippen LogP contribution in [0.1, 0.15) is 10.4 Å². The number of rotatable bonds is 5. The van der Waals surface area contributed by atoms with Gasteiger partial charge in [0.2, 0.25) is 5.89 Å². The van der Waals surface area contributed by atoms with Crippen molar-refractivity contribution < 1.29 is 13.9 Å². The number of nitrogens with one attached hydrogen (secondary N) is 1. The summed E-state index contributed by atoms with van der Waals surface area (Å²) in [5.74, 6) is 1.50. The molecule has 29 heavy (non-hydrogen) atoms. The summed E-state index contributed by atoms with van der Waals surface area (Å²) in [6, 6.07) is 22.4. The number of hydrogen-bond acceptors (Lipinski definition) is 4. The average Bonchev–Trinajstić information content (AvgIpc) is 3.25. The minimum Gasteiger partial charge on any atom is -0.497 e. The van der Waals surface area contributed by atoms with Crippen molar-refractivity contribution >= 4 is 34.2 Å². The number of carbonyl (C=O) groups excluding carboxylic acids is 1. The van der Waals surface area contributed by atoms with E-state index in [0.29, 0.717) is 22.8 Å². The van der Waals surface area contributed by atoms with Crippen LogP contribution in [0.2, 0.25) is 0 Å². The number of aromatic nitrogens is 1. The topological polar surface area (TPSA) is 64.4 Å². The monoisotopic (exact) mass is 496 g/mol. The molecule has 0 spiro atoms. The van der Waals surface area contributed by atoms with Crippen LogP contribution in [-0.4, -0.2) is 18.0 Å². The SMILES string of the molecule is COc1cccc(-c2cnc(-c3ccccc3C(=O)Nc3ccc(I)cc3)o2)c1. The van der Waals surface area contributed by atoms with Crippen molar-refractivity contribution in [2.45, 2.75) is 0 Å². The number of oxazole rings is 1. The highest BCUT2D eigenvalue weighted by Crippen LogP contribution is 2.30. The highest BCUT2D eigenvalue weighted by Gasteiger charge is 2.17. The average molecular weight is 496 g/mol. The first-order chi connectivity index (χ1) is 14.1. The molecule has 0 atom stereocenters. The highest BCUT2D eigenvalue weighted by atomic mass is 127. The van der Waals surface area contributed by atoms with Gasteiger partial charge in [0.05, 0.1) is 18.9 Å². The molecule has 1 N–H and O–H groups in total. The van der Waals surface area contributed by atoms with Gasteiger partial charge in [-0.1, -0.05) is 24.3 Å². The zero-order valence-electron chi connectivity index (χ0n) is 15.6. The van der Waals surface area contributed by atoms with Crippen LogP contribution in [-0.2, 0) is 0 Å². The quantitative estimate of drug-likeness (QED) is 0.351. The minimum atomic E-state index is -0.220. The van der Waals surface area contributed by atoms with E-state index >= 15 is 0 Å². The van der Waals surface area contributed by atoms with E-state index in [1.54, 1.807) is 19.4 Å². The number of hydrogen-bond donors (Lipinski definition) is 1. The second-order valence-corrected chi connectivity index (χ2v) is 7.51. The Bertz CT molecular complexity index is 1150. The molecule has 3 aromatic carbocycles. The molecule has 1 amide bonds. The highest BCUT2D eigenvalue weighted by molar-refractivity contribution is 14.1. The number of halogens is 1. The number of methoxy groups -OCH3 is 1. The molecule has 0 saturated heterocycles. The molecule has 0 unspecified atom stereocenters. The van der Waals surface area contributed by atoms with Crippen molar-refractivity contribution in [1.82, 2.24) is 4.98 Å². The van der Waals surface area contributed by atoms with E-state index in [4.69, 9.17) is 9.15 Å². The van der Waals surface area contributed by atoms with Crippen LogP contribution in [0.3, 0.4) is 0 Å². The fourth-order valence-corrected chi connectivity index (χ4v) is 3.27. The molecule has 0 radical (unpaired) electrons. The number of ether oxygens (including phenoxy) is 1. The number of amides is 1. The third-order valence-corrected chi connectivity index (χ3v) is 5.08. The maximum absolute atomic E-state index is 12.9. The number of nitrogens with zero attached hydrogens (tertiary/aromatic N) is 1. The Kier molecular flexibility index (Phi) is 5.62. The van der Waals surface area contributed by atoms with Crippen LogP contribution in [0.5, 0.6) is 5.75 Å². The van der Waals surface area contributed by atoms with Gasteiger partial charge in [0.1, 0.15) is 5.75 Å². The lowest BCUT2D eigenvalue weighted by Gasteiger charge is -2.08. The van der Waals surface area contributed by atoms with Crippen LogP contribution < -0.4 is 10.1 Å². The van der Waals surface area contributed by atoms with Gasteiger partial charge in [-0.3, -0.25) is 4.79 Å². The number of benzene rings is 3. The van der Waals surface area contributed by atoms with Crippen molar-refractivity contribution in [3.8, 4) is 28.5 Å². The zero-order valence-corrected chi connectivity index (χ0v) is 17.7. The lowest BCUT2D eigenvalue weighted by Crippen LogP contribution is -2.13. The third kappa shape index (κ3) is 4.32. The van der Waals surface area contributed by atoms with E-state index in [9.17, 15) is 4.79 Å². The predicted molar refractivity (Wildman–Crippen MR) is 121 cm³/mol. The van der Waals surface area contributed by atoms with Gasteiger partial charge in [-0.25, -0.2) is 4.98 Å². The Labute approximate surface area is 181 Å². The maximum Gasteiger partial charge on any atom is 0.256 e. The molecule has 0 bridgehead atoms. The third-order valence-electron chi connectivity index (χ3n) is 4.36. The van der Waals surface area contributed by atoms with Gasteiger partial charge in [-0.05, 0) is 71.1 Å². The summed E-state index contributed by atoms with van der Waals surface area (Å²) in [5.41, 5.74) is 2.70. The minimum absolute atomic E-state index is 0.220. The van der Waals surface area contributed by atoms with Gasteiger partial charge in [-0.2, -0.15) is 0 Å². The number of carbonyl (C=O) groups is 1. The Hall–Kier alpha value is -3.13. The maximum atomic E-state index is 12.9. The lowest BCUT2D eigenvalue weighted by atomic mass is 10.1. The van der Waals surface area contributed by atoms with E-state index in [0.717, 1.165) is 20.6 Å². The zero-order chi connectivity index (χ0) is 20.2. The first-order valence-corrected chi connectivity index (χ1v) is 9.98. The summed E-state index contributed by atoms with van der Waals surface area (Å²) in [6.07, 6.45) is 1.65. The van der Waals surface area contributed by atoms with Crippen molar-refractivity contribution in [3.63, 3.8) is 0 Å². The van der Waals surface area contributed by atoms with E-state index in [1.165, 1.54) is 0 Å². The lowest BCUT2D eigenvalue weighted by molar-refractivity contribution is 0.102. The van der Waals surface area contributed by atoms with Crippen LogP contribution in [0.25, 0.3) is 22.8 Å².